The number of amides is 1. The standard InChI is InChI=1S/C55H107NO11S/c1-3-5-7-9-11-13-14-15-16-17-18-19-20-21-22-23-24-25-26-27-28-29-30-31-32-33-34-35-37-39-41-43-45-51(59)56-48(49(58)44-42-40-38-36-12-10-8-6-4-2)47-65-55-53(61)54(67-68(62,63)64)52(60)50(46-57)66-55/h42,44,48-50,52-55,57-58,60-61H,3-41,43,45-47H2,1-2H3,(H,56,59)(H,62,63,64)/b44-42+. The Labute approximate surface area is 417 Å². The van der Waals surface area contributed by atoms with Gasteiger partial charge in [0.1, 0.15) is 24.4 Å². The van der Waals surface area contributed by atoms with E-state index in [-0.39, 0.29) is 18.9 Å². The first-order valence-electron chi connectivity index (χ1n) is 28.6. The van der Waals surface area contributed by atoms with Crippen LogP contribution in [0.2, 0.25) is 0 Å². The maximum absolute atomic E-state index is 13.0. The average Bonchev–Trinajstić information content (AvgIpc) is 3.31. The third kappa shape index (κ3) is 37.6. The molecule has 1 amide bonds. The van der Waals surface area contributed by atoms with Crippen LogP contribution in [-0.2, 0) is 28.9 Å². The smallest absolute Gasteiger partial charge is 0.394 e. The monoisotopic (exact) mass is 990 g/mol. The van der Waals surface area contributed by atoms with Gasteiger partial charge in [0.2, 0.25) is 5.91 Å². The van der Waals surface area contributed by atoms with Gasteiger partial charge in [-0.15, -0.1) is 0 Å². The molecule has 1 rings (SSSR count). The Balaban J connectivity index is 2.17. The van der Waals surface area contributed by atoms with Crippen molar-refractivity contribution in [3.8, 4) is 0 Å². The lowest BCUT2D eigenvalue weighted by atomic mass is 9.99. The second-order valence-corrected chi connectivity index (χ2v) is 21.3. The fourth-order valence-electron chi connectivity index (χ4n) is 9.40. The number of carbonyl (C=O) groups is 1. The maximum atomic E-state index is 13.0. The van der Waals surface area contributed by atoms with Gasteiger partial charge in [0.25, 0.3) is 0 Å². The maximum Gasteiger partial charge on any atom is 0.397 e. The number of rotatable bonds is 50. The van der Waals surface area contributed by atoms with Crippen LogP contribution in [0.3, 0.4) is 0 Å². The molecule has 0 radical (unpaired) electrons. The molecule has 68 heavy (non-hydrogen) atoms. The van der Waals surface area contributed by atoms with Crippen LogP contribution in [0.1, 0.15) is 277 Å². The van der Waals surface area contributed by atoms with E-state index in [1.54, 1.807) is 6.08 Å². The lowest BCUT2D eigenvalue weighted by Crippen LogP contribution is -2.61. The van der Waals surface area contributed by atoms with Crippen molar-refractivity contribution in [1.29, 1.82) is 0 Å². The summed E-state index contributed by atoms with van der Waals surface area (Å²) >= 11 is 0. The molecule has 13 heteroatoms. The molecule has 0 saturated carbocycles. The van der Waals surface area contributed by atoms with Crippen molar-refractivity contribution in [3.63, 3.8) is 0 Å². The van der Waals surface area contributed by atoms with Gasteiger partial charge in [-0.3, -0.25) is 9.35 Å². The molecule has 1 aliphatic heterocycles. The molecule has 1 aliphatic rings. The first-order valence-corrected chi connectivity index (χ1v) is 29.9. The highest BCUT2D eigenvalue weighted by Gasteiger charge is 2.48. The molecule has 7 atom stereocenters. The molecular formula is C55H107NO11S. The summed E-state index contributed by atoms with van der Waals surface area (Å²) in [6.07, 6.45) is 46.0. The minimum atomic E-state index is -5.08. The van der Waals surface area contributed by atoms with Gasteiger partial charge in [0.15, 0.2) is 6.29 Å². The molecule has 6 N–H and O–H groups in total. The van der Waals surface area contributed by atoms with Crippen molar-refractivity contribution in [2.24, 2.45) is 0 Å². The number of hydrogen-bond acceptors (Lipinski definition) is 10. The first-order chi connectivity index (χ1) is 33.0. The first kappa shape index (κ1) is 64.9. The van der Waals surface area contributed by atoms with Crippen molar-refractivity contribution in [2.75, 3.05) is 13.2 Å². The highest BCUT2D eigenvalue weighted by atomic mass is 32.3. The zero-order valence-corrected chi connectivity index (χ0v) is 44.5. The Morgan fingerprint density at radius 3 is 1.28 bits per heavy atom. The summed E-state index contributed by atoms with van der Waals surface area (Å²) in [5.74, 6) is -0.259. The predicted molar refractivity (Wildman–Crippen MR) is 278 cm³/mol. The van der Waals surface area contributed by atoms with Crippen molar-refractivity contribution in [1.82, 2.24) is 5.32 Å². The van der Waals surface area contributed by atoms with Gasteiger partial charge in [0, 0.05) is 6.42 Å². The normalized spacial score (nSPS) is 19.8. The van der Waals surface area contributed by atoms with Crippen LogP contribution >= 0.6 is 0 Å². The van der Waals surface area contributed by atoms with Gasteiger partial charge in [-0.2, -0.15) is 8.42 Å². The van der Waals surface area contributed by atoms with Gasteiger partial charge < -0.3 is 35.2 Å². The molecule has 7 unspecified atom stereocenters. The van der Waals surface area contributed by atoms with E-state index in [1.165, 1.54) is 205 Å². The molecule has 1 fully saturated rings. The lowest BCUT2D eigenvalue weighted by molar-refractivity contribution is -0.298. The van der Waals surface area contributed by atoms with E-state index in [4.69, 9.17) is 9.47 Å². The predicted octanol–water partition coefficient (Wildman–Crippen LogP) is 13.1. The second kappa shape index (κ2) is 45.7. The molecule has 12 nitrogen and oxygen atoms in total. The summed E-state index contributed by atoms with van der Waals surface area (Å²) in [6.45, 7) is 3.38. The van der Waals surface area contributed by atoms with Gasteiger partial charge in [-0.1, -0.05) is 264 Å². The number of hydrogen-bond donors (Lipinski definition) is 6. The molecule has 1 heterocycles. The van der Waals surface area contributed by atoms with Crippen LogP contribution in [0, 0.1) is 0 Å². The van der Waals surface area contributed by atoms with Crippen molar-refractivity contribution in [3.05, 3.63) is 12.2 Å². The van der Waals surface area contributed by atoms with Crippen LogP contribution in [0.15, 0.2) is 12.2 Å². The van der Waals surface area contributed by atoms with Gasteiger partial charge in [0.05, 0.1) is 25.4 Å². The topological polar surface area (TPSA) is 192 Å². The summed E-state index contributed by atoms with van der Waals surface area (Å²) in [5.41, 5.74) is 0. The molecule has 1 saturated heterocycles. The summed E-state index contributed by atoms with van der Waals surface area (Å²) in [6, 6.07) is -0.938. The second-order valence-electron chi connectivity index (χ2n) is 20.2. The number of allylic oxidation sites excluding steroid dienone is 1. The molecule has 0 bridgehead atoms. The Hall–Kier alpha value is -1.16. The zero-order chi connectivity index (χ0) is 49.8. The third-order valence-corrected chi connectivity index (χ3v) is 14.3. The minimum Gasteiger partial charge on any atom is -0.394 e. The van der Waals surface area contributed by atoms with Gasteiger partial charge >= 0.3 is 10.4 Å². The number of ether oxygens (including phenoxy) is 2. The van der Waals surface area contributed by atoms with E-state index >= 15 is 0 Å². The van der Waals surface area contributed by atoms with E-state index in [0.717, 1.165) is 44.9 Å². The SMILES string of the molecule is CCCCCCCCC/C=C/C(O)C(COC1OC(CO)C(O)C(OS(=O)(=O)O)C1O)NC(=O)CCCCCCCCCCCCCCCCCCCCCCCCCCCCCCCCCC. The highest BCUT2D eigenvalue weighted by Crippen LogP contribution is 2.26. The van der Waals surface area contributed by atoms with Crippen LogP contribution in [0.25, 0.3) is 0 Å². The molecule has 0 aromatic carbocycles. The number of nitrogens with one attached hydrogen (secondary N) is 1. The van der Waals surface area contributed by atoms with E-state index in [1.807, 2.05) is 6.08 Å². The van der Waals surface area contributed by atoms with E-state index in [2.05, 4.69) is 23.3 Å². The third-order valence-electron chi connectivity index (χ3n) is 13.8. The lowest BCUT2D eigenvalue weighted by Gasteiger charge is -2.41. The minimum absolute atomic E-state index is 0.259. The summed E-state index contributed by atoms with van der Waals surface area (Å²) in [5, 5.41) is 44.7. The molecular weight excluding hydrogens is 883 g/mol. The molecule has 0 aromatic heterocycles. The number of aliphatic hydroxyl groups is 4. The fourth-order valence-corrected chi connectivity index (χ4v) is 9.91. The number of aliphatic hydroxyl groups excluding tert-OH is 4. The highest BCUT2D eigenvalue weighted by molar-refractivity contribution is 7.80. The molecule has 0 spiro atoms. The average molecular weight is 991 g/mol. The van der Waals surface area contributed by atoms with Crippen LogP contribution < -0.4 is 5.32 Å². The van der Waals surface area contributed by atoms with Crippen molar-refractivity contribution >= 4 is 16.3 Å². The summed E-state index contributed by atoms with van der Waals surface area (Å²) in [7, 11) is -5.08. The number of unbranched alkanes of at least 4 members (excludes halogenated alkanes) is 38. The largest absolute Gasteiger partial charge is 0.397 e. The van der Waals surface area contributed by atoms with Crippen LogP contribution in [0.5, 0.6) is 0 Å². The Bertz CT molecular complexity index is 1260. The van der Waals surface area contributed by atoms with Crippen LogP contribution in [0.4, 0.5) is 0 Å². The van der Waals surface area contributed by atoms with E-state index < -0.39 is 59.9 Å². The van der Waals surface area contributed by atoms with E-state index in [0.29, 0.717) is 6.42 Å². The summed E-state index contributed by atoms with van der Waals surface area (Å²) in [4.78, 5) is 13.0. The van der Waals surface area contributed by atoms with Crippen molar-refractivity contribution < 1.29 is 51.8 Å². The Kier molecular flexibility index (Phi) is 43.6. The van der Waals surface area contributed by atoms with Crippen LogP contribution in [-0.4, -0.2) is 95.4 Å². The quantitative estimate of drug-likeness (QED) is 0.0193. The van der Waals surface area contributed by atoms with Crippen molar-refractivity contribution in [2.45, 2.75) is 320 Å². The Morgan fingerprint density at radius 1 is 0.574 bits per heavy atom. The molecule has 0 aliphatic carbocycles. The molecule has 0 aromatic rings. The summed E-state index contributed by atoms with van der Waals surface area (Å²) < 4.78 is 47.6. The van der Waals surface area contributed by atoms with Gasteiger partial charge in [-0.25, -0.2) is 4.18 Å². The van der Waals surface area contributed by atoms with E-state index in [9.17, 15) is 38.2 Å². The Morgan fingerprint density at radius 2 is 0.926 bits per heavy atom. The molecule has 404 valence electrons. The zero-order valence-electron chi connectivity index (χ0n) is 43.7. The fraction of sp³-hybridized carbons (Fsp3) is 0.945. The number of carbonyl (C=O) groups excluding carboxylic acids is 1. The van der Waals surface area contributed by atoms with Gasteiger partial charge in [-0.05, 0) is 19.3 Å².